The molecule has 0 saturated carbocycles. The van der Waals surface area contributed by atoms with E-state index in [4.69, 9.17) is 0 Å². The van der Waals surface area contributed by atoms with Crippen molar-refractivity contribution in [1.29, 1.82) is 0 Å². The third-order valence-electron chi connectivity index (χ3n) is 2.15. The summed E-state index contributed by atoms with van der Waals surface area (Å²) in [4.78, 5) is 19.1. The number of hydrogen-bond acceptors (Lipinski definition) is 3. The number of rotatable bonds is 3. The molecule has 4 nitrogen and oxygen atoms in total. The van der Waals surface area contributed by atoms with Crippen LogP contribution in [0.1, 0.15) is 21.9 Å². The molecule has 2 rings (SSSR count). The van der Waals surface area contributed by atoms with Crippen molar-refractivity contribution in [2.75, 3.05) is 0 Å². The lowest BCUT2D eigenvalue weighted by atomic mass is 10.4. The predicted molar refractivity (Wildman–Crippen MR) is 55.7 cm³/mol. The van der Waals surface area contributed by atoms with Crippen LogP contribution >= 0.6 is 0 Å². The van der Waals surface area contributed by atoms with Crippen LogP contribution in [0.4, 0.5) is 0 Å². The molecule has 0 N–H and O–H groups in total. The zero-order valence-electron chi connectivity index (χ0n) is 8.42. The van der Waals surface area contributed by atoms with Gasteiger partial charge in [0, 0.05) is 12.4 Å². The second kappa shape index (κ2) is 4.04. The fraction of sp³-hybridized carbons (Fsp3) is 0.182. The highest BCUT2D eigenvalue weighted by Crippen LogP contribution is 2.03. The first-order valence-corrected chi connectivity index (χ1v) is 4.67. The maximum Gasteiger partial charge on any atom is 0.166 e. The molecule has 0 fully saturated rings. The molecule has 0 bridgehead atoms. The van der Waals surface area contributed by atoms with Crippen LogP contribution in [-0.4, -0.2) is 20.8 Å². The van der Waals surface area contributed by atoms with Crippen LogP contribution in [0.3, 0.4) is 0 Å². The molecule has 0 aromatic carbocycles. The van der Waals surface area contributed by atoms with Crippen molar-refractivity contribution < 1.29 is 4.79 Å². The molecular weight excluding hydrogens is 190 g/mol. The maximum atomic E-state index is 10.7. The summed E-state index contributed by atoms with van der Waals surface area (Å²) in [5, 5.41) is 0. The zero-order chi connectivity index (χ0) is 10.7. The van der Waals surface area contributed by atoms with Gasteiger partial charge in [0.05, 0.1) is 29.8 Å². The first-order chi connectivity index (χ1) is 7.29. The molecule has 0 amide bonds. The van der Waals surface area contributed by atoms with Gasteiger partial charge in [-0.2, -0.15) is 0 Å². The van der Waals surface area contributed by atoms with Gasteiger partial charge in [-0.25, -0.2) is 0 Å². The van der Waals surface area contributed by atoms with E-state index in [-0.39, 0.29) is 0 Å². The molecule has 0 radical (unpaired) electrons. The Hall–Kier alpha value is -1.97. The van der Waals surface area contributed by atoms with Crippen molar-refractivity contribution in [1.82, 2.24) is 14.5 Å². The molecule has 0 aliphatic rings. The number of nitrogens with zero attached hydrogens (tertiary/aromatic N) is 3. The third kappa shape index (κ3) is 2.10. The van der Waals surface area contributed by atoms with Crippen LogP contribution < -0.4 is 0 Å². The average molecular weight is 201 g/mol. The Morgan fingerprint density at radius 2 is 2.27 bits per heavy atom. The molecule has 0 spiro atoms. The van der Waals surface area contributed by atoms with Crippen LogP contribution in [0, 0.1) is 6.92 Å². The number of aryl methyl sites for hydroxylation is 1. The summed E-state index contributed by atoms with van der Waals surface area (Å²) >= 11 is 0. The minimum Gasteiger partial charge on any atom is -0.339 e. The fourth-order valence-corrected chi connectivity index (χ4v) is 1.35. The van der Waals surface area contributed by atoms with Gasteiger partial charge in [-0.1, -0.05) is 0 Å². The van der Waals surface area contributed by atoms with E-state index in [0.29, 0.717) is 12.2 Å². The molecular formula is C11H11N3O. The largest absolute Gasteiger partial charge is 0.339 e. The molecule has 76 valence electrons. The Morgan fingerprint density at radius 3 is 2.93 bits per heavy atom. The van der Waals surface area contributed by atoms with E-state index >= 15 is 0 Å². The van der Waals surface area contributed by atoms with E-state index < -0.39 is 0 Å². The summed E-state index contributed by atoms with van der Waals surface area (Å²) in [6.07, 6.45) is 6.14. The number of carbonyl (C=O) groups excluding carboxylic acids is 1. The Morgan fingerprint density at radius 1 is 1.40 bits per heavy atom. The Kier molecular flexibility index (Phi) is 2.58. The minimum atomic E-state index is 0.578. The number of aromatic nitrogens is 3. The summed E-state index contributed by atoms with van der Waals surface area (Å²) < 4.78 is 1.84. The minimum absolute atomic E-state index is 0.578. The Bertz CT molecular complexity index is 459. The first kappa shape index (κ1) is 9.58. The average Bonchev–Trinajstić information content (AvgIpc) is 2.69. The van der Waals surface area contributed by atoms with Crippen molar-refractivity contribution in [3.8, 4) is 0 Å². The van der Waals surface area contributed by atoms with Crippen LogP contribution in [0.15, 0.2) is 30.7 Å². The van der Waals surface area contributed by atoms with Crippen molar-refractivity contribution in [2.45, 2.75) is 13.5 Å². The topological polar surface area (TPSA) is 47.8 Å². The SMILES string of the molecule is Cc1cnc(Cn2cccc2C=O)cn1. The highest BCUT2D eigenvalue weighted by atomic mass is 16.1. The van der Waals surface area contributed by atoms with Gasteiger partial charge in [-0.05, 0) is 19.1 Å². The van der Waals surface area contributed by atoms with E-state index in [1.54, 1.807) is 18.5 Å². The second-order valence-electron chi connectivity index (χ2n) is 3.33. The Balaban J connectivity index is 2.21. The molecule has 2 aromatic rings. The molecule has 0 aliphatic carbocycles. The van der Waals surface area contributed by atoms with Gasteiger partial charge in [-0.15, -0.1) is 0 Å². The monoisotopic (exact) mass is 201 g/mol. The van der Waals surface area contributed by atoms with Crippen molar-refractivity contribution in [3.05, 3.63) is 47.8 Å². The summed E-state index contributed by atoms with van der Waals surface area (Å²) in [7, 11) is 0. The number of hydrogen-bond donors (Lipinski definition) is 0. The Labute approximate surface area is 87.6 Å². The maximum absolute atomic E-state index is 10.7. The molecule has 0 atom stereocenters. The van der Waals surface area contributed by atoms with Crippen LogP contribution in [0.2, 0.25) is 0 Å². The van der Waals surface area contributed by atoms with Crippen LogP contribution in [0.25, 0.3) is 0 Å². The molecule has 2 heterocycles. The molecule has 2 aromatic heterocycles. The molecule has 4 heteroatoms. The lowest BCUT2D eigenvalue weighted by molar-refractivity contribution is 0.111. The van der Waals surface area contributed by atoms with Gasteiger partial charge < -0.3 is 4.57 Å². The molecule has 15 heavy (non-hydrogen) atoms. The smallest absolute Gasteiger partial charge is 0.166 e. The van der Waals surface area contributed by atoms with E-state index in [1.165, 1.54) is 0 Å². The molecule has 0 aliphatic heterocycles. The third-order valence-corrected chi connectivity index (χ3v) is 2.15. The van der Waals surface area contributed by atoms with Gasteiger partial charge in [0.1, 0.15) is 0 Å². The van der Waals surface area contributed by atoms with Crippen LogP contribution in [0.5, 0.6) is 0 Å². The van der Waals surface area contributed by atoms with Gasteiger partial charge in [-0.3, -0.25) is 14.8 Å². The van der Waals surface area contributed by atoms with Gasteiger partial charge in [0.25, 0.3) is 0 Å². The summed E-state index contributed by atoms with van der Waals surface area (Å²) in [6, 6.07) is 3.61. The lowest BCUT2D eigenvalue weighted by Gasteiger charge is -2.04. The van der Waals surface area contributed by atoms with Gasteiger partial charge >= 0.3 is 0 Å². The number of carbonyl (C=O) groups is 1. The quantitative estimate of drug-likeness (QED) is 0.706. The van der Waals surface area contributed by atoms with Gasteiger partial charge in [0.15, 0.2) is 6.29 Å². The van der Waals surface area contributed by atoms with Crippen molar-refractivity contribution in [3.63, 3.8) is 0 Å². The highest BCUT2D eigenvalue weighted by molar-refractivity contribution is 5.72. The van der Waals surface area contributed by atoms with Gasteiger partial charge in [0.2, 0.25) is 0 Å². The first-order valence-electron chi connectivity index (χ1n) is 4.67. The second-order valence-corrected chi connectivity index (χ2v) is 3.33. The summed E-state index contributed by atoms with van der Waals surface area (Å²) in [6.45, 7) is 2.47. The zero-order valence-corrected chi connectivity index (χ0v) is 8.42. The van der Waals surface area contributed by atoms with E-state index in [9.17, 15) is 4.79 Å². The van der Waals surface area contributed by atoms with Crippen molar-refractivity contribution in [2.24, 2.45) is 0 Å². The van der Waals surface area contributed by atoms with E-state index in [2.05, 4.69) is 9.97 Å². The lowest BCUT2D eigenvalue weighted by Crippen LogP contribution is -2.04. The van der Waals surface area contributed by atoms with E-state index in [1.807, 2.05) is 23.8 Å². The standard InChI is InChI=1S/C11H11N3O/c1-9-5-13-10(6-12-9)7-14-4-2-3-11(14)8-15/h2-6,8H,7H2,1H3. The normalized spacial score (nSPS) is 10.2. The van der Waals surface area contributed by atoms with Crippen molar-refractivity contribution >= 4 is 6.29 Å². The highest BCUT2D eigenvalue weighted by Gasteiger charge is 2.01. The molecule has 0 unspecified atom stereocenters. The van der Waals surface area contributed by atoms with E-state index in [0.717, 1.165) is 17.7 Å². The fourth-order valence-electron chi connectivity index (χ4n) is 1.35. The summed E-state index contributed by atoms with van der Waals surface area (Å²) in [5.74, 6) is 0. The molecule has 0 saturated heterocycles. The summed E-state index contributed by atoms with van der Waals surface area (Å²) in [5.41, 5.74) is 2.39. The predicted octanol–water partition coefficient (Wildman–Crippen LogP) is 1.45. The number of aldehydes is 1. The van der Waals surface area contributed by atoms with Crippen LogP contribution in [-0.2, 0) is 6.54 Å².